The highest BCUT2D eigenvalue weighted by Gasteiger charge is 2.14. The van der Waals surface area contributed by atoms with Crippen LogP contribution < -0.4 is 0 Å². The summed E-state index contributed by atoms with van der Waals surface area (Å²) >= 11 is 5.04. The maximum Gasteiger partial charge on any atom is 0.226 e. The molecule has 0 amide bonds. The highest BCUT2D eigenvalue weighted by Crippen LogP contribution is 2.32. The molecule has 0 fully saturated rings. The molecule has 5 aromatic rings. The zero-order valence-electron chi connectivity index (χ0n) is 16.8. The number of thioether (sulfide) groups is 2. The Bertz CT molecular complexity index is 1260. The van der Waals surface area contributed by atoms with E-state index in [0.717, 1.165) is 44.4 Å². The first-order valence-corrected chi connectivity index (χ1v) is 12.6. The maximum atomic E-state index is 5.64. The van der Waals surface area contributed by atoms with Crippen molar-refractivity contribution >= 4 is 45.1 Å². The molecule has 0 bridgehead atoms. The minimum absolute atomic E-state index is 0.640. The zero-order valence-corrected chi connectivity index (χ0v) is 19.2. The van der Waals surface area contributed by atoms with Crippen LogP contribution in [-0.2, 0) is 18.1 Å². The third-order valence-electron chi connectivity index (χ3n) is 4.63. The summed E-state index contributed by atoms with van der Waals surface area (Å²) in [5.41, 5.74) is 2.91. The predicted molar refractivity (Wildman–Crippen MR) is 126 cm³/mol. The fourth-order valence-electron chi connectivity index (χ4n) is 3.11. The van der Waals surface area contributed by atoms with Gasteiger partial charge in [-0.15, -0.1) is 21.5 Å². The average Bonchev–Trinajstić information content (AvgIpc) is 3.54. The van der Waals surface area contributed by atoms with Gasteiger partial charge in [-0.2, -0.15) is 0 Å². The molecular formula is C22H19N5OS3. The lowest BCUT2D eigenvalue weighted by molar-refractivity contribution is 0.573. The molecule has 6 nitrogen and oxygen atoms in total. The highest BCUT2D eigenvalue weighted by atomic mass is 32.2. The van der Waals surface area contributed by atoms with Gasteiger partial charge >= 0.3 is 0 Å². The minimum atomic E-state index is 0.640. The van der Waals surface area contributed by atoms with Gasteiger partial charge in [-0.1, -0.05) is 53.9 Å². The molecule has 5 rings (SSSR count). The number of thiazole rings is 1. The Morgan fingerprint density at radius 1 is 0.935 bits per heavy atom. The molecule has 0 saturated carbocycles. The van der Waals surface area contributed by atoms with Crippen LogP contribution in [0.15, 0.2) is 74.8 Å². The van der Waals surface area contributed by atoms with Crippen LogP contribution in [0.2, 0.25) is 0 Å². The lowest BCUT2D eigenvalue weighted by Gasteiger charge is -2.05. The monoisotopic (exact) mass is 465 g/mol. The number of rotatable bonds is 8. The summed E-state index contributed by atoms with van der Waals surface area (Å²) in [5.74, 6) is 3.02. The Hall–Kier alpha value is -2.62. The molecule has 0 unspecified atom stereocenters. The quantitative estimate of drug-likeness (QED) is 0.255. The topological polar surface area (TPSA) is 69.6 Å². The molecule has 0 aliphatic heterocycles. The molecule has 156 valence electrons. The first-order chi connectivity index (χ1) is 15.3. The third kappa shape index (κ3) is 4.53. The number of hydrogen-bond acceptors (Lipinski definition) is 8. The van der Waals surface area contributed by atoms with E-state index in [1.807, 2.05) is 48.5 Å². The lowest BCUT2D eigenvalue weighted by atomic mass is 10.2. The van der Waals surface area contributed by atoms with E-state index in [0.29, 0.717) is 11.6 Å². The van der Waals surface area contributed by atoms with Crippen molar-refractivity contribution in [2.75, 3.05) is 0 Å². The normalized spacial score (nSPS) is 11.4. The van der Waals surface area contributed by atoms with Crippen molar-refractivity contribution in [1.29, 1.82) is 0 Å². The van der Waals surface area contributed by atoms with Crippen molar-refractivity contribution in [3.8, 4) is 11.5 Å². The Morgan fingerprint density at radius 3 is 2.61 bits per heavy atom. The largest absolute Gasteiger partial charge is 0.444 e. The Morgan fingerprint density at radius 2 is 1.77 bits per heavy atom. The van der Waals surface area contributed by atoms with Gasteiger partial charge in [-0.05, 0) is 31.2 Å². The molecule has 0 N–H and O–H groups in total. The van der Waals surface area contributed by atoms with Gasteiger partial charge in [0.25, 0.3) is 0 Å². The van der Waals surface area contributed by atoms with Crippen LogP contribution in [-0.4, -0.2) is 24.7 Å². The van der Waals surface area contributed by atoms with E-state index in [1.54, 1.807) is 41.1 Å². The Labute approximate surface area is 192 Å². The van der Waals surface area contributed by atoms with E-state index in [-0.39, 0.29) is 0 Å². The Kier molecular flexibility index (Phi) is 6.06. The summed E-state index contributed by atoms with van der Waals surface area (Å²) in [4.78, 5) is 9.29. The Balaban J connectivity index is 1.24. The van der Waals surface area contributed by atoms with Gasteiger partial charge in [0, 0.05) is 17.9 Å². The fourth-order valence-corrected chi connectivity index (χ4v) is 6.02. The summed E-state index contributed by atoms with van der Waals surface area (Å²) < 4.78 is 10.1. The highest BCUT2D eigenvalue weighted by molar-refractivity contribution is 8.00. The smallest absolute Gasteiger partial charge is 0.226 e. The summed E-state index contributed by atoms with van der Waals surface area (Å²) in [5, 5.41) is 9.73. The van der Waals surface area contributed by atoms with Crippen LogP contribution in [0.3, 0.4) is 0 Å². The minimum Gasteiger partial charge on any atom is -0.444 e. The second kappa shape index (κ2) is 9.25. The summed E-state index contributed by atoms with van der Waals surface area (Å²) in [6.45, 7) is 2.93. The number of fused-ring (bicyclic) bond motifs is 1. The predicted octanol–water partition coefficient (Wildman–Crippen LogP) is 6.15. The van der Waals surface area contributed by atoms with Crippen LogP contribution in [0.25, 0.3) is 21.7 Å². The zero-order chi connectivity index (χ0) is 21.0. The molecule has 0 radical (unpaired) electrons. The number of oxazole rings is 1. The molecule has 3 aromatic heterocycles. The van der Waals surface area contributed by atoms with Gasteiger partial charge in [0.1, 0.15) is 12.1 Å². The van der Waals surface area contributed by atoms with E-state index in [9.17, 15) is 0 Å². The number of aromatic nitrogens is 5. The molecule has 0 atom stereocenters. The molecule has 0 aliphatic rings. The SMILES string of the molecule is CCn1c(CSc2nc3ccccc3s2)nnc1SCc1coc(-c2ccccc2)n1. The van der Waals surface area contributed by atoms with Gasteiger partial charge in [0.05, 0.1) is 21.7 Å². The van der Waals surface area contributed by atoms with E-state index >= 15 is 0 Å². The lowest BCUT2D eigenvalue weighted by Crippen LogP contribution is -2.02. The molecule has 0 aliphatic carbocycles. The van der Waals surface area contributed by atoms with Crippen molar-refractivity contribution in [1.82, 2.24) is 24.7 Å². The van der Waals surface area contributed by atoms with Gasteiger partial charge in [-0.25, -0.2) is 9.97 Å². The average molecular weight is 466 g/mol. The number of nitrogens with zero attached hydrogens (tertiary/aromatic N) is 5. The molecule has 31 heavy (non-hydrogen) atoms. The fraction of sp³-hybridized carbons (Fsp3) is 0.182. The first-order valence-electron chi connectivity index (χ1n) is 9.83. The molecular weight excluding hydrogens is 446 g/mol. The van der Waals surface area contributed by atoms with Crippen LogP contribution in [0.1, 0.15) is 18.4 Å². The second-order valence-electron chi connectivity index (χ2n) is 6.68. The van der Waals surface area contributed by atoms with E-state index in [1.165, 1.54) is 4.70 Å². The van der Waals surface area contributed by atoms with E-state index in [2.05, 4.69) is 32.7 Å². The van der Waals surface area contributed by atoms with Crippen molar-refractivity contribution in [3.63, 3.8) is 0 Å². The summed E-state index contributed by atoms with van der Waals surface area (Å²) in [6, 6.07) is 18.1. The van der Waals surface area contributed by atoms with Crippen molar-refractivity contribution in [3.05, 3.63) is 72.4 Å². The van der Waals surface area contributed by atoms with Gasteiger partial charge in [0.2, 0.25) is 5.89 Å². The second-order valence-corrected chi connectivity index (χ2v) is 9.87. The van der Waals surface area contributed by atoms with Crippen LogP contribution in [0, 0.1) is 0 Å². The van der Waals surface area contributed by atoms with Crippen molar-refractivity contribution in [2.24, 2.45) is 0 Å². The van der Waals surface area contributed by atoms with Crippen molar-refractivity contribution in [2.45, 2.75) is 34.5 Å². The maximum absolute atomic E-state index is 5.64. The standard InChI is InChI=1S/C22H19N5OS3/c1-2-27-19(14-30-22-24-17-10-6-7-11-18(17)31-22)25-26-21(27)29-13-16-12-28-20(23-16)15-8-4-3-5-9-15/h3-12H,2,13-14H2,1H3. The molecule has 9 heteroatoms. The van der Waals surface area contributed by atoms with Crippen LogP contribution >= 0.6 is 34.9 Å². The summed E-state index contributed by atoms with van der Waals surface area (Å²) in [7, 11) is 0. The molecule has 3 heterocycles. The third-order valence-corrected chi connectivity index (χ3v) is 7.81. The van der Waals surface area contributed by atoms with E-state index in [4.69, 9.17) is 9.40 Å². The molecule has 2 aromatic carbocycles. The van der Waals surface area contributed by atoms with E-state index < -0.39 is 0 Å². The van der Waals surface area contributed by atoms with Gasteiger partial charge in [0.15, 0.2) is 9.50 Å². The number of hydrogen-bond donors (Lipinski definition) is 0. The first kappa shape index (κ1) is 20.3. The molecule has 0 spiro atoms. The van der Waals surface area contributed by atoms with Crippen LogP contribution in [0.4, 0.5) is 0 Å². The van der Waals surface area contributed by atoms with Crippen LogP contribution in [0.5, 0.6) is 0 Å². The number of benzene rings is 2. The number of para-hydroxylation sites is 1. The summed E-state index contributed by atoms with van der Waals surface area (Å²) in [6.07, 6.45) is 1.71. The van der Waals surface area contributed by atoms with Gasteiger partial charge in [-0.3, -0.25) is 0 Å². The van der Waals surface area contributed by atoms with Crippen molar-refractivity contribution < 1.29 is 4.42 Å². The molecule has 0 saturated heterocycles. The van der Waals surface area contributed by atoms with Gasteiger partial charge < -0.3 is 8.98 Å².